The van der Waals surface area contributed by atoms with Gasteiger partial charge < -0.3 is 25.6 Å². The van der Waals surface area contributed by atoms with E-state index >= 15 is 0 Å². The maximum atomic E-state index is 11.5. The van der Waals surface area contributed by atoms with Crippen LogP contribution < -0.4 is 16.0 Å². The Labute approximate surface area is 160 Å². The summed E-state index contributed by atoms with van der Waals surface area (Å²) in [4.78, 5) is 23.7. The van der Waals surface area contributed by atoms with Crippen LogP contribution in [0.15, 0.2) is 0 Å². The summed E-state index contributed by atoms with van der Waals surface area (Å²) in [6, 6.07) is 0. The fourth-order valence-corrected chi connectivity index (χ4v) is 3.33. The van der Waals surface area contributed by atoms with Gasteiger partial charge in [-0.25, -0.2) is 0 Å². The molecule has 0 bridgehead atoms. The Kier molecular flexibility index (Phi) is 7.55. The minimum atomic E-state index is -0.514. The van der Waals surface area contributed by atoms with Crippen molar-refractivity contribution in [2.24, 2.45) is 0 Å². The van der Waals surface area contributed by atoms with Crippen molar-refractivity contribution in [3.05, 3.63) is 10.1 Å². The van der Waals surface area contributed by atoms with Crippen LogP contribution in [0.4, 0.5) is 23.3 Å². The summed E-state index contributed by atoms with van der Waals surface area (Å²) < 4.78 is 5.72. The molecular formula is C17H31N7O3. The predicted molar refractivity (Wildman–Crippen MR) is 106 cm³/mol. The van der Waals surface area contributed by atoms with Crippen molar-refractivity contribution in [1.29, 1.82) is 0 Å². The van der Waals surface area contributed by atoms with Gasteiger partial charge in [-0.2, -0.15) is 9.97 Å². The van der Waals surface area contributed by atoms with Crippen molar-refractivity contribution in [1.82, 2.24) is 14.9 Å². The Hall–Kier alpha value is -2.20. The highest BCUT2D eigenvalue weighted by atomic mass is 16.6. The van der Waals surface area contributed by atoms with Crippen molar-refractivity contribution >= 4 is 23.3 Å². The van der Waals surface area contributed by atoms with Gasteiger partial charge in [0.2, 0.25) is 17.6 Å². The number of anilines is 3. The van der Waals surface area contributed by atoms with Crippen LogP contribution in [0.3, 0.4) is 0 Å². The second kappa shape index (κ2) is 9.65. The average Bonchev–Trinajstić information content (AvgIpc) is 2.60. The molecule has 3 N–H and O–H groups in total. The Bertz CT molecular complexity index is 629. The lowest BCUT2D eigenvalue weighted by atomic mass is 10.2. The second-order valence-corrected chi connectivity index (χ2v) is 6.83. The number of nitro groups is 1. The van der Waals surface area contributed by atoms with E-state index in [1.54, 1.807) is 0 Å². The number of ether oxygens (including phenoxy) is 1. The molecule has 2 rings (SSSR count). The molecule has 0 aliphatic carbocycles. The fourth-order valence-electron chi connectivity index (χ4n) is 3.33. The molecule has 1 aromatic rings. The Morgan fingerprint density at radius 1 is 1.30 bits per heavy atom. The van der Waals surface area contributed by atoms with Gasteiger partial charge in [-0.1, -0.05) is 13.8 Å². The van der Waals surface area contributed by atoms with Gasteiger partial charge in [-0.15, -0.1) is 0 Å². The topological polar surface area (TPSA) is 123 Å². The molecule has 10 heteroatoms. The number of rotatable bonds is 9. The summed E-state index contributed by atoms with van der Waals surface area (Å²) >= 11 is 0. The minimum absolute atomic E-state index is 0.0463. The zero-order valence-corrected chi connectivity index (χ0v) is 16.6. The van der Waals surface area contributed by atoms with Crippen LogP contribution in [0.5, 0.6) is 0 Å². The summed E-state index contributed by atoms with van der Waals surface area (Å²) in [7, 11) is 0. The van der Waals surface area contributed by atoms with Crippen molar-refractivity contribution < 1.29 is 9.66 Å². The molecule has 0 aromatic carbocycles. The van der Waals surface area contributed by atoms with Gasteiger partial charge in [0.1, 0.15) is 0 Å². The van der Waals surface area contributed by atoms with Crippen LogP contribution >= 0.6 is 0 Å². The lowest BCUT2D eigenvalue weighted by Gasteiger charge is -2.35. The summed E-state index contributed by atoms with van der Waals surface area (Å²) in [5.41, 5.74) is 5.65. The maximum Gasteiger partial charge on any atom is 0.353 e. The number of nitrogens with one attached hydrogen (secondary N) is 1. The molecule has 152 valence electrons. The summed E-state index contributed by atoms with van der Waals surface area (Å²) in [6.45, 7) is 12.8. The molecule has 10 nitrogen and oxygen atoms in total. The highest BCUT2D eigenvalue weighted by molar-refractivity contribution is 5.71. The van der Waals surface area contributed by atoms with E-state index in [-0.39, 0.29) is 29.5 Å². The quantitative estimate of drug-likeness (QED) is 0.374. The first-order valence-electron chi connectivity index (χ1n) is 9.54. The van der Waals surface area contributed by atoms with Gasteiger partial charge in [0.25, 0.3) is 0 Å². The third-order valence-corrected chi connectivity index (χ3v) is 4.62. The number of nitrogens with zero attached hydrogens (tertiary/aromatic N) is 5. The first kappa shape index (κ1) is 21.1. The molecule has 27 heavy (non-hydrogen) atoms. The van der Waals surface area contributed by atoms with Gasteiger partial charge in [0, 0.05) is 19.6 Å². The molecule has 0 saturated carbocycles. The van der Waals surface area contributed by atoms with E-state index in [9.17, 15) is 10.1 Å². The third kappa shape index (κ3) is 5.64. The van der Waals surface area contributed by atoms with E-state index in [0.717, 1.165) is 26.1 Å². The van der Waals surface area contributed by atoms with E-state index in [2.05, 4.69) is 34.0 Å². The molecule has 2 atom stereocenters. The standard InChI is InChI=1S/C17H31N7O3/c1-5-22(6-2)9-7-8-19-17-20-15(18)14(24(25)26)16(21-17)23-10-12(3)27-13(4)11-23/h12-13H,5-11H2,1-4H3,(H3,18,19,20,21)/t12-,13+. The molecule has 1 fully saturated rings. The number of morpholine rings is 1. The van der Waals surface area contributed by atoms with Gasteiger partial charge in [0.05, 0.1) is 17.1 Å². The minimum Gasteiger partial charge on any atom is -0.378 e. The lowest BCUT2D eigenvalue weighted by Crippen LogP contribution is -2.46. The monoisotopic (exact) mass is 381 g/mol. The van der Waals surface area contributed by atoms with Crippen molar-refractivity contribution in [2.45, 2.75) is 46.3 Å². The summed E-state index contributed by atoms with van der Waals surface area (Å²) in [5.74, 6) is 0.447. The summed E-state index contributed by atoms with van der Waals surface area (Å²) in [5, 5.41) is 14.7. The molecule has 1 aliphatic heterocycles. The zero-order chi connectivity index (χ0) is 20.0. The molecular weight excluding hydrogens is 350 g/mol. The van der Waals surface area contributed by atoms with Gasteiger partial charge >= 0.3 is 5.69 Å². The average molecular weight is 381 g/mol. The number of hydrogen-bond donors (Lipinski definition) is 2. The highest BCUT2D eigenvalue weighted by Crippen LogP contribution is 2.33. The normalized spacial score (nSPS) is 20.1. The first-order chi connectivity index (χ1) is 12.8. The molecule has 2 heterocycles. The Morgan fingerprint density at radius 2 is 1.93 bits per heavy atom. The van der Waals surface area contributed by atoms with Crippen LogP contribution in [0.25, 0.3) is 0 Å². The van der Waals surface area contributed by atoms with Crippen LogP contribution in [0.2, 0.25) is 0 Å². The van der Waals surface area contributed by atoms with E-state index < -0.39 is 4.92 Å². The second-order valence-electron chi connectivity index (χ2n) is 6.83. The van der Waals surface area contributed by atoms with E-state index in [1.165, 1.54) is 0 Å². The number of nitrogen functional groups attached to an aromatic ring is 1. The van der Waals surface area contributed by atoms with Gasteiger partial charge in [0.15, 0.2) is 0 Å². The zero-order valence-electron chi connectivity index (χ0n) is 16.6. The molecule has 0 amide bonds. The fraction of sp³-hybridized carbons (Fsp3) is 0.765. The van der Waals surface area contributed by atoms with Gasteiger partial charge in [-0.05, 0) is 39.9 Å². The van der Waals surface area contributed by atoms with E-state index in [4.69, 9.17) is 10.5 Å². The van der Waals surface area contributed by atoms with E-state index in [0.29, 0.717) is 25.6 Å². The highest BCUT2D eigenvalue weighted by Gasteiger charge is 2.32. The SMILES string of the molecule is CCN(CC)CCCNc1nc(N)c([N+](=O)[O-])c(N2C[C@@H](C)O[C@@H](C)C2)n1. The Balaban J connectivity index is 2.15. The number of hydrogen-bond acceptors (Lipinski definition) is 9. The van der Waals surface area contributed by atoms with Crippen LogP contribution in [-0.2, 0) is 4.74 Å². The molecule has 1 aliphatic rings. The third-order valence-electron chi connectivity index (χ3n) is 4.62. The van der Waals surface area contributed by atoms with Gasteiger partial charge in [-0.3, -0.25) is 10.1 Å². The summed E-state index contributed by atoms with van der Waals surface area (Å²) in [6.07, 6.45) is 0.827. The van der Waals surface area contributed by atoms with Crippen molar-refractivity contribution in [3.8, 4) is 0 Å². The lowest BCUT2D eigenvalue weighted by molar-refractivity contribution is -0.383. The maximum absolute atomic E-state index is 11.5. The number of aromatic nitrogens is 2. The molecule has 0 radical (unpaired) electrons. The molecule has 1 saturated heterocycles. The smallest absolute Gasteiger partial charge is 0.353 e. The molecule has 0 spiro atoms. The van der Waals surface area contributed by atoms with Crippen LogP contribution in [-0.4, -0.2) is 71.3 Å². The predicted octanol–water partition coefficient (Wildman–Crippen LogP) is 1.72. The van der Waals surface area contributed by atoms with Crippen molar-refractivity contribution in [3.63, 3.8) is 0 Å². The van der Waals surface area contributed by atoms with Crippen LogP contribution in [0.1, 0.15) is 34.1 Å². The number of nitrogens with two attached hydrogens (primary N) is 1. The molecule has 0 unspecified atom stereocenters. The Morgan fingerprint density at radius 3 is 2.48 bits per heavy atom. The van der Waals surface area contributed by atoms with Crippen molar-refractivity contribution in [2.75, 3.05) is 55.2 Å². The van der Waals surface area contributed by atoms with Crippen LogP contribution in [0, 0.1) is 10.1 Å². The largest absolute Gasteiger partial charge is 0.378 e. The van der Waals surface area contributed by atoms with E-state index in [1.807, 2.05) is 18.7 Å². The molecule has 1 aromatic heterocycles. The first-order valence-corrected chi connectivity index (χ1v) is 9.54.